The van der Waals surface area contributed by atoms with Crippen LogP contribution in [0.5, 0.6) is 0 Å². The van der Waals surface area contributed by atoms with Crippen LogP contribution < -0.4 is 10.2 Å². The van der Waals surface area contributed by atoms with Crippen molar-refractivity contribution in [2.24, 2.45) is 0 Å². The highest BCUT2D eigenvalue weighted by molar-refractivity contribution is 7.98. The number of nitrogens with zero attached hydrogens (tertiary/aromatic N) is 4. The number of pyridine rings is 1. The molecule has 2 aromatic carbocycles. The zero-order chi connectivity index (χ0) is 26.3. The van der Waals surface area contributed by atoms with E-state index in [1.807, 2.05) is 42.5 Å². The monoisotopic (exact) mass is 523 g/mol. The van der Waals surface area contributed by atoms with Crippen molar-refractivity contribution in [2.75, 3.05) is 11.9 Å². The van der Waals surface area contributed by atoms with Crippen molar-refractivity contribution in [1.82, 2.24) is 20.3 Å². The Morgan fingerprint density at radius 2 is 1.68 bits per heavy atom. The van der Waals surface area contributed by atoms with Crippen LogP contribution in [0.3, 0.4) is 0 Å². The van der Waals surface area contributed by atoms with Crippen LogP contribution in [0.25, 0.3) is 0 Å². The summed E-state index contributed by atoms with van der Waals surface area (Å²) in [5.74, 6) is 0.296. The molecule has 0 atom stereocenters. The highest BCUT2D eigenvalue weighted by atomic mass is 32.2. The number of rotatable bonds is 9. The van der Waals surface area contributed by atoms with Crippen molar-refractivity contribution in [2.45, 2.75) is 30.2 Å². The lowest BCUT2D eigenvalue weighted by molar-refractivity contribution is -0.141. The van der Waals surface area contributed by atoms with Gasteiger partial charge in [0.25, 0.3) is 5.91 Å². The second-order valence-electron chi connectivity index (χ2n) is 8.22. The van der Waals surface area contributed by atoms with E-state index in [4.69, 9.17) is 0 Å². The topological polar surface area (TPSA) is 71.0 Å². The van der Waals surface area contributed by atoms with E-state index in [9.17, 15) is 18.0 Å². The van der Waals surface area contributed by atoms with E-state index in [0.29, 0.717) is 24.4 Å². The van der Waals surface area contributed by atoms with Crippen molar-refractivity contribution < 1.29 is 18.0 Å². The summed E-state index contributed by atoms with van der Waals surface area (Å²) >= 11 is 1.11. The molecule has 190 valence electrons. The number of nitrogens with one attached hydrogen (secondary N) is 1. The van der Waals surface area contributed by atoms with Gasteiger partial charge in [0.1, 0.15) is 5.82 Å². The maximum atomic E-state index is 13.5. The van der Waals surface area contributed by atoms with E-state index in [-0.39, 0.29) is 16.9 Å². The summed E-state index contributed by atoms with van der Waals surface area (Å²) in [5, 5.41) is 2.84. The number of carbonyl (C=O) groups excluding carboxylic acids is 1. The number of carbonyl (C=O) groups is 1. The maximum absolute atomic E-state index is 13.5. The summed E-state index contributed by atoms with van der Waals surface area (Å²) in [5.41, 5.74) is 2.02. The van der Waals surface area contributed by atoms with E-state index in [1.54, 1.807) is 48.5 Å². The molecule has 4 rings (SSSR count). The molecule has 0 aliphatic rings. The third-order valence-corrected chi connectivity index (χ3v) is 6.29. The van der Waals surface area contributed by atoms with Gasteiger partial charge in [-0.15, -0.1) is 0 Å². The molecule has 0 aliphatic carbocycles. The Morgan fingerprint density at radius 3 is 2.35 bits per heavy atom. The normalized spacial score (nSPS) is 11.2. The molecule has 2 aromatic heterocycles. The summed E-state index contributed by atoms with van der Waals surface area (Å²) in [4.78, 5) is 26.3. The predicted molar refractivity (Wildman–Crippen MR) is 137 cm³/mol. The highest BCUT2D eigenvalue weighted by Gasteiger charge is 2.34. The van der Waals surface area contributed by atoms with Gasteiger partial charge in [-0.1, -0.05) is 60.3 Å². The van der Waals surface area contributed by atoms with Gasteiger partial charge in [-0.05, 0) is 35.4 Å². The minimum atomic E-state index is -4.59. The first kappa shape index (κ1) is 26.2. The molecule has 37 heavy (non-hydrogen) atoms. The molecule has 0 saturated heterocycles. The molecule has 1 amide bonds. The molecule has 4 aromatic rings. The standard InChI is InChI=1S/C27H24F3N5OS/c1-35(17-19-7-3-2-4-8-19)24-15-23(27(28,29)30)33-26(34-24)37-18-20-10-12-21(13-11-20)25(36)32-16-22-9-5-6-14-31-22/h2-15H,16-18H2,1H3,(H,32,36). The first-order valence-corrected chi connectivity index (χ1v) is 12.4. The lowest BCUT2D eigenvalue weighted by atomic mass is 10.1. The van der Waals surface area contributed by atoms with Gasteiger partial charge in [0.05, 0.1) is 12.2 Å². The fourth-order valence-corrected chi connectivity index (χ4v) is 4.24. The summed E-state index contributed by atoms with van der Waals surface area (Å²) in [6.45, 7) is 0.717. The number of aromatic nitrogens is 3. The van der Waals surface area contributed by atoms with Gasteiger partial charge in [-0.3, -0.25) is 9.78 Å². The second kappa shape index (κ2) is 11.9. The molecule has 0 radical (unpaired) electrons. The molecule has 0 saturated carbocycles. The fraction of sp³-hybridized carbons (Fsp3) is 0.185. The van der Waals surface area contributed by atoms with Crippen LogP contribution in [0.2, 0.25) is 0 Å². The Balaban J connectivity index is 1.41. The number of amides is 1. The molecule has 1 N–H and O–H groups in total. The maximum Gasteiger partial charge on any atom is 0.433 e. The molecule has 0 fully saturated rings. The Kier molecular flexibility index (Phi) is 8.39. The highest BCUT2D eigenvalue weighted by Crippen LogP contribution is 2.32. The van der Waals surface area contributed by atoms with Gasteiger partial charge in [0.15, 0.2) is 10.9 Å². The molecule has 0 spiro atoms. The van der Waals surface area contributed by atoms with Crippen molar-refractivity contribution in [3.05, 3.63) is 113 Å². The van der Waals surface area contributed by atoms with E-state index in [2.05, 4.69) is 20.3 Å². The molecule has 6 nitrogen and oxygen atoms in total. The summed E-state index contributed by atoms with van der Waals surface area (Å²) in [6.07, 6.45) is -2.93. The van der Waals surface area contributed by atoms with Crippen LogP contribution in [-0.2, 0) is 25.0 Å². The second-order valence-corrected chi connectivity index (χ2v) is 9.17. The molecular formula is C27H24F3N5OS. The largest absolute Gasteiger partial charge is 0.433 e. The Labute approximate surface area is 217 Å². The summed E-state index contributed by atoms with van der Waals surface area (Å²) < 4.78 is 40.6. The minimum Gasteiger partial charge on any atom is -0.355 e. The van der Waals surface area contributed by atoms with E-state index < -0.39 is 11.9 Å². The number of hydrogen-bond donors (Lipinski definition) is 1. The van der Waals surface area contributed by atoms with Gasteiger partial charge in [-0.2, -0.15) is 13.2 Å². The zero-order valence-electron chi connectivity index (χ0n) is 19.9. The Bertz CT molecular complexity index is 1320. The molecule has 0 aliphatic heterocycles. The van der Waals surface area contributed by atoms with Gasteiger partial charge in [0.2, 0.25) is 0 Å². The van der Waals surface area contributed by atoms with Crippen LogP contribution in [-0.4, -0.2) is 27.9 Å². The van der Waals surface area contributed by atoms with Gasteiger partial charge in [-0.25, -0.2) is 9.97 Å². The number of alkyl halides is 3. The Morgan fingerprint density at radius 1 is 0.946 bits per heavy atom. The van der Waals surface area contributed by atoms with Crippen LogP contribution in [0, 0.1) is 0 Å². The summed E-state index contributed by atoms with van der Waals surface area (Å²) in [6, 6.07) is 22.7. The average molecular weight is 524 g/mol. The SMILES string of the molecule is CN(Cc1ccccc1)c1cc(C(F)(F)F)nc(SCc2ccc(C(=O)NCc3ccccn3)cc2)n1. The third kappa shape index (κ3) is 7.53. The van der Waals surface area contributed by atoms with Crippen molar-refractivity contribution in [3.63, 3.8) is 0 Å². The van der Waals surface area contributed by atoms with Crippen molar-refractivity contribution >= 4 is 23.5 Å². The predicted octanol–water partition coefficient (Wildman–Crippen LogP) is 5.75. The summed E-state index contributed by atoms with van der Waals surface area (Å²) in [7, 11) is 1.70. The molecule has 10 heteroatoms. The zero-order valence-corrected chi connectivity index (χ0v) is 20.8. The first-order valence-electron chi connectivity index (χ1n) is 11.4. The first-order chi connectivity index (χ1) is 17.8. The van der Waals surface area contributed by atoms with Gasteiger partial charge >= 0.3 is 6.18 Å². The van der Waals surface area contributed by atoms with E-state index >= 15 is 0 Å². The Hall–Kier alpha value is -3.92. The van der Waals surface area contributed by atoms with Crippen LogP contribution in [0.1, 0.15) is 32.9 Å². The average Bonchev–Trinajstić information content (AvgIpc) is 2.91. The lowest BCUT2D eigenvalue weighted by Crippen LogP contribution is -2.23. The van der Waals surface area contributed by atoms with Crippen LogP contribution in [0.15, 0.2) is 90.2 Å². The van der Waals surface area contributed by atoms with E-state index in [0.717, 1.165) is 34.6 Å². The number of anilines is 1. The van der Waals surface area contributed by atoms with E-state index in [1.165, 1.54) is 0 Å². The number of hydrogen-bond acceptors (Lipinski definition) is 6. The quantitative estimate of drug-likeness (QED) is 0.223. The van der Waals surface area contributed by atoms with Crippen LogP contribution in [0.4, 0.5) is 19.0 Å². The lowest BCUT2D eigenvalue weighted by Gasteiger charge is -2.20. The van der Waals surface area contributed by atoms with Gasteiger partial charge in [0, 0.05) is 37.2 Å². The van der Waals surface area contributed by atoms with Gasteiger partial charge < -0.3 is 10.2 Å². The van der Waals surface area contributed by atoms with Crippen LogP contribution >= 0.6 is 11.8 Å². The third-order valence-electron chi connectivity index (χ3n) is 5.38. The molecule has 0 bridgehead atoms. The molecule has 0 unspecified atom stereocenters. The fourth-order valence-electron chi connectivity index (χ4n) is 3.43. The van der Waals surface area contributed by atoms with Crippen molar-refractivity contribution in [3.8, 4) is 0 Å². The van der Waals surface area contributed by atoms with Crippen molar-refractivity contribution in [1.29, 1.82) is 0 Å². The smallest absolute Gasteiger partial charge is 0.355 e. The number of benzene rings is 2. The minimum absolute atomic E-state index is 0.0296. The molecule has 2 heterocycles. The number of halogens is 3. The number of thioether (sulfide) groups is 1. The molecular weight excluding hydrogens is 499 g/mol.